The van der Waals surface area contributed by atoms with Crippen LogP contribution in [0.1, 0.15) is 31.9 Å². The standard InChI is InChI=1S/C16H12BrClFNO/c17-15(12-4-3-11(18)8-14(12)19)10-2-1-9-5-6-20-16(21)13(9)7-10/h1-4,7-8,15H,5-6H2,(H,20,21). The SMILES string of the molecule is O=C1NCCc2ccc(C(Br)c3ccc(Cl)cc3F)cc21. The first-order chi connectivity index (χ1) is 10.1. The fourth-order valence-corrected chi connectivity index (χ4v) is 3.29. The van der Waals surface area contributed by atoms with E-state index in [-0.39, 0.29) is 16.6 Å². The zero-order chi connectivity index (χ0) is 15.0. The minimum absolute atomic E-state index is 0.0746. The van der Waals surface area contributed by atoms with Gasteiger partial charge in [-0.15, -0.1) is 0 Å². The number of halogens is 3. The van der Waals surface area contributed by atoms with Gasteiger partial charge in [-0.1, -0.05) is 45.7 Å². The molecule has 1 aliphatic rings. The molecule has 0 aromatic heterocycles. The quantitative estimate of drug-likeness (QED) is 0.789. The fraction of sp³-hybridized carbons (Fsp3) is 0.188. The van der Waals surface area contributed by atoms with E-state index >= 15 is 0 Å². The minimum Gasteiger partial charge on any atom is -0.352 e. The first-order valence-corrected chi connectivity index (χ1v) is 7.85. The summed E-state index contributed by atoms with van der Waals surface area (Å²) in [5.74, 6) is -0.444. The molecule has 1 atom stereocenters. The predicted octanol–water partition coefficient (Wildman–Crippen LogP) is 4.25. The molecule has 0 fully saturated rings. The highest BCUT2D eigenvalue weighted by molar-refractivity contribution is 9.09. The van der Waals surface area contributed by atoms with Gasteiger partial charge >= 0.3 is 0 Å². The molecule has 1 N–H and O–H groups in total. The van der Waals surface area contributed by atoms with Crippen molar-refractivity contribution in [1.82, 2.24) is 5.32 Å². The third-order valence-electron chi connectivity index (χ3n) is 3.59. The molecule has 21 heavy (non-hydrogen) atoms. The molecule has 0 bridgehead atoms. The second-order valence-electron chi connectivity index (χ2n) is 4.95. The van der Waals surface area contributed by atoms with Crippen molar-refractivity contribution in [3.63, 3.8) is 0 Å². The first kappa shape index (κ1) is 14.5. The maximum atomic E-state index is 14.0. The minimum atomic E-state index is -0.369. The van der Waals surface area contributed by atoms with Crippen LogP contribution in [0.3, 0.4) is 0 Å². The Morgan fingerprint density at radius 2 is 2.05 bits per heavy atom. The predicted molar refractivity (Wildman–Crippen MR) is 84.7 cm³/mol. The first-order valence-electron chi connectivity index (χ1n) is 6.56. The normalized spacial score (nSPS) is 15.3. The Morgan fingerprint density at radius 3 is 2.81 bits per heavy atom. The van der Waals surface area contributed by atoms with E-state index in [9.17, 15) is 9.18 Å². The summed E-state index contributed by atoms with van der Waals surface area (Å²) in [7, 11) is 0. The van der Waals surface area contributed by atoms with Crippen molar-refractivity contribution in [1.29, 1.82) is 0 Å². The Kier molecular flexibility index (Phi) is 4.00. The lowest BCUT2D eigenvalue weighted by molar-refractivity contribution is 0.0946. The summed E-state index contributed by atoms with van der Waals surface area (Å²) in [5, 5.41) is 3.18. The molecule has 5 heteroatoms. The van der Waals surface area contributed by atoms with Crippen molar-refractivity contribution < 1.29 is 9.18 Å². The second-order valence-corrected chi connectivity index (χ2v) is 6.30. The van der Waals surface area contributed by atoms with Crippen LogP contribution in [0.4, 0.5) is 4.39 Å². The van der Waals surface area contributed by atoms with E-state index in [2.05, 4.69) is 21.2 Å². The fourth-order valence-electron chi connectivity index (χ4n) is 2.47. The van der Waals surface area contributed by atoms with Gasteiger partial charge in [-0.3, -0.25) is 4.79 Å². The van der Waals surface area contributed by atoms with Gasteiger partial charge in [-0.25, -0.2) is 4.39 Å². The van der Waals surface area contributed by atoms with Crippen LogP contribution in [0.5, 0.6) is 0 Å². The van der Waals surface area contributed by atoms with E-state index in [0.29, 0.717) is 22.7 Å². The van der Waals surface area contributed by atoms with Gasteiger partial charge in [0, 0.05) is 22.7 Å². The zero-order valence-electron chi connectivity index (χ0n) is 11.0. The summed E-state index contributed by atoms with van der Waals surface area (Å²) in [4.78, 5) is 11.6. The Bertz CT molecular complexity index is 719. The number of fused-ring (bicyclic) bond motifs is 1. The largest absolute Gasteiger partial charge is 0.352 e. The Morgan fingerprint density at radius 1 is 1.24 bits per heavy atom. The lowest BCUT2D eigenvalue weighted by atomic mass is 9.95. The average Bonchev–Trinajstić information content (AvgIpc) is 2.47. The monoisotopic (exact) mass is 367 g/mol. The topological polar surface area (TPSA) is 29.1 Å². The molecule has 0 saturated carbocycles. The summed E-state index contributed by atoms with van der Waals surface area (Å²) < 4.78 is 14.0. The number of carbonyl (C=O) groups is 1. The summed E-state index contributed by atoms with van der Waals surface area (Å²) >= 11 is 9.28. The van der Waals surface area contributed by atoms with Gasteiger partial charge in [-0.05, 0) is 35.7 Å². The number of amides is 1. The number of nitrogens with one attached hydrogen (secondary N) is 1. The van der Waals surface area contributed by atoms with Crippen LogP contribution in [0, 0.1) is 5.82 Å². The number of rotatable bonds is 2. The molecule has 0 aliphatic carbocycles. The van der Waals surface area contributed by atoms with Gasteiger partial charge in [0.2, 0.25) is 0 Å². The van der Waals surface area contributed by atoms with Crippen molar-refractivity contribution in [3.05, 3.63) is 69.5 Å². The Hall–Kier alpha value is -1.39. The smallest absolute Gasteiger partial charge is 0.251 e. The highest BCUT2D eigenvalue weighted by atomic mass is 79.9. The molecule has 2 aromatic rings. The highest BCUT2D eigenvalue weighted by Gasteiger charge is 2.20. The van der Waals surface area contributed by atoms with Crippen molar-refractivity contribution >= 4 is 33.4 Å². The van der Waals surface area contributed by atoms with E-state index in [1.165, 1.54) is 6.07 Å². The van der Waals surface area contributed by atoms with Crippen LogP contribution in [0.15, 0.2) is 36.4 Å². The third kappa shape index (κ3) is 2.83. The van der Waals surface area contributed by atoms with E-state index in [4.69, 9.17) is 11.6 Å². The molecule has 0 saturated heterocycles. The van der Waals surface area contributed by atoms with Gasteiger partial charge in [0.05, 0.1) is 4.83 Å². The number of alkyl halides is 1. The maximum Gasteiger partial charge on any atom is 0.251 e. The van der Waals surface area contributed by atoms with Crippen LogP contribution in [0.2, 0.25) is 5.02 Å². The van der Waals surface area contributed by atoms with Gasteiger partial charge in [0.1, 0.15) is 5.82 Å². The third-order valence-corrected chi connectivity index (χ3v) is 4.84. The van der Waals surface area contributed by atoms with Crippen LogP contribution in [-0.4, -0.2) is 12.5 Å². The molecule has 1 unspecified atom stereocenters. The van der Waals surface area contributed by atoms with Crippen LogP contribution < -0.4 is 5.32 Å². The molecular formula is C16H12BrClFNO. The maximum absolute atomic E-state index is 14.0. The van der Waals surface area contributed by atoms with Gasteiger partial charge in [-0.2, -0.15) is 0 Å². The van der Waals surface area contributed by atoms with Crippen molar-refractivity contribution in [2.75, 3.05) is 6.54 Å². The molecule has 2 aromatic carbocycles. The number of hydrogen-bond acceptors (Lipinski definition) is 1. The zero-order valence-corrected chi connectivity index (χ0v) is 13.3. The average molecular weight is 369 g/mol. The van der Waals surface area contributed by atoms with Crippen molar-refractivity contribution in [2.45, 2.75) is 11.2 Å². The molecule has 1 heterocycles. The molecule has 3 rings (SSSR count). The van der Waals surface area contributed by atoms with Crippen LogP contribution in [-0.2, 0) is 6.42 Å². The molecule has 108 valence electrons. The lowest BCUT2D eigenvalue weighted by Gasteiger charge is -2.19. The van der Waals surface area contributed by atoms with Crippen molar-refractivity contribution in [3.8, 4) is 0 Å². The molecule has 2 nitrogen and oxygen atoms in total. The molecule has 0 radical (unpaired) electrons. The number of hydrogen-bond donors (Lipinski definition) is 1. The van der Waals surface area contributed by atoms with E-state index < -0.39 is 0 Å². The lowest BCUT2D eigenvalue weighted by Crippen LogP contribution is -2.31. The van der Waals surface area contributed by atoms with E-state index in [1.807, 2.05) is 18.2 Å². The number of benzene rings is 2. The van der Waals surface area contributed by atoms with E-state index in [1.54, 1.807) is 12.1 Å². The number of carbonyl (C=O) groups excluding carboxylic acids is 1. The van der Waals surface area contributed by atoms with Crippen molar-refractivity contribution in [2.24, 2.45) is 0 Å². The summed E-state index contributed by atoms with van der Waals surface area (Å²) in [6.07, 6.45) is 0.823. The molecule has 1 amide bonds. The Balaban J connectivity index is 2.00. The van der Waals surface area contributed by atoms with E-state index in [0.717, 1.165) is 17.5 Å². The molecular weight excluding hydrogens is 357 g/mol. The van der Waals surface area contributed by atoms with Crippen LogP contribution in [0.25, 0.3) is 0 Å². The van der Waals surface area contributed by atoms with Gasteiger partial charge < -0.3 is 5.32 Å². The van der Waals surface area contributed by atoms with Gasteiger partial charge in [0.15, 0.2) is 0 Å². The molecule has 0 spiro atoms. The summed E-state index contributed by atoms with van der Waals surface area (Å²) in [5.41, 5.74) is 3.03. The highest BCUT2D eigenvalue weighted by Crippen LogP contribution is 2.34. The van der Waals surface area contributed by atoms with Gasteiger partial charge in [0.25, 0.3) is 5.91 Å². The Labute approximate surface area is 135 Å². The second kappa shape index (κ2) is 5.78. The summed E-state index contributed by atoms with van der Waals surface area (Å²) in [6.45, 7) is 0.661. The summed E-state index contributed by atoms with van der Waals surface area (Å²) in [6, 6.07) is 10.3. The van der Waals surface area contributed by atoms with Crippen LogP contribution >= 0.6 is 27.5 Å². The molecule has 1 aliphatic heterocycles.